The first-order chi connectivity index (χ1) is 15.9. The highest BCUT2D eigenvalue weighted by molar-refractivity contribution is 7.98. The van der Waals surface area contributed by atoms with E-state index in [-0.39, 0.29) is 24.3 Å². The fourth-order valence-corrected chi connectivity index (χ4v) is 5.83. The van der Waals surface area contributed by atoms with Crippen LogP contribution in [0.4, 0.5) is 11.5 Å². The lowest BCUT2D eigenvalue weighted by atomic mass is 9.95. The summed E-state index contributed by atoms with van der Waals surface area (Å²) in [5.41, 5.74) is 2.01. The number of rotatable bonds is 6. The topological polar surface area (TPSA) is 78.4 Å². The molecule has 3 heterocycles. The minimum Gasteiger partial charge on any atom is -0.356 e. The molecule has 7 nitrogen and oxygen atoms in total. The molecular formula is C24H29N5O2S2. The fourth-order valence-electron chi connectivity index (χ4n) is 4.28. The molecule has 0 saturated carbocycles. The van der Waals surface area contributed by atoms with E-state index < -0.39 is 0 Å². The van der Waals surface area contributed by atoms with Crippen LogP contribution in [-0.2, 0) is 9.59 Å². The highest BCUT2D eigenvalue weighted by Gasteiger charge is 2.29. The summed E-state index contributed by atoms with van der Waals surface area (Å²) in [5.74, 6) is 0.725. The van der Waals surface area contributed by atoms with Crippen molar-refractivity contribution in [2.45, 2.75) is 31.6 Å². The molecule has 9 heteroatoms. The number of hydrogen-bond donors (Lipinski definition) is 1. The van der Waals surface area contributed by atoms with Gasteiger partial charge in [-0.3, -0.25) is 9.59 Å². The minimum absolute atomic E-state index is 0.0262. The molecule has 1 aliphatic rings. The molecule has 2 aromatic heterocycles. The quantitative estimate of drug-likeness (QED) is 0.526. The molecule has 174 valence electrons. The number of aryl methyl sites for hydroxylation is 2. The lowest BCUT2D eigenvalue weighted by Gasteiger charge is -2.34. The Balaban J connectivity index is 1.35. The predicted octanol–water partition coefficient (Wildman–Crippen LogP) is 4.34. The number of likely N-dealkylation sites (N-methyl/N-ethyl adjacent to an activating group) is 1. The highest BCUT2D eigenvalue weighted by Crippen LogP contribution is 2.35. The van der Waals surface area contributed by atoms with E-state index >= 15 is 0 Å². The molecule has 0 spiro atoms. The number of carbonyl (C=O) groups excluding carboxylic acids is 2. The minimum atomic E-state index is -0.184. The largest absolute Gasteiger partial charge is 0.356 e. The van der Waals surface area contributed by atoms with Gasteiger partial charge in [-0.15, -0.1) is 23.1 Å². The van der Waals surface area contributed by atoms with Crippen molar-refractivity contribution in [2.75, 3.05) is 43.2 Å². The van der Waals surface area contributed by atoms with Crippen molar-refractivity contribution >= 4 is 56.6 Å². The fraction of sp³-hybridized carbons (Fsp3) is 0.417. The Kier molecular flexibility index (Phi) is 7.19. The van der Waals surface area contributed by atoms with Crippen LogP contribution in [0.25, 0.3) is 10.2 Å². The van der Waals surface area contributed by atoms with Crippen LogP contribution in [0.15, 0.2) is 35.5 Å². The van der Waals surface area contributed by atoms with Gasteiger partial charge in [-0.1, -0.05) is 12.1 Å². The van der Waals surface area contributed by atoms with Crippen molar-refractivity contribution in [1.82, 2.24) is 14.9 Å². The number of aromatic nitrogens is 2. The number of thiophene rings is 1. The number of piperidine rings is 1. The highest BCUT2D eigenvalue weighted by atomic mass is 32.2. The monoisotopic (exact) mass is 483 g/mol. The van der Waals surface area contributed by atoms with E-state index in [1.165, 1.54) is 10.4 Å². The van der Waals surface area contributed by atoms with Crippen molar-refractivity contribution < 1.29 is 9.59 Å². The smallest absolute Gasteiger partial charge is 0.244 e. The number of carbonyl (C=O) groups is 2. The third-order valence-electron chi connectivity index (χ3n) is 6.23. The van der Waals surface area contributed by atoms with Gasteiger partial charge in [-0.2, -0.15) is 0 Å². The first-order valence-corrected chi connectivity index (χ1v) is 13.1. The Hall–Kier alpha value is -2.65. The van der Waals surface area contributed by atoms with Crippen LogP contribution in [0.2, 0.25) is 0 Å². The molecule has 0 atom stereocenters. The number of nitrogens with zero attached hydrogens (tertiary/aromatic N) is 4. The van der Waals surface area contributed by atoms with Crippen molar-refractivity contribution in [3.05, 3.63) is 41.0 Å². The maximum atomic E-state index is 13.0. The molecule has 3 aromatic rings. The van der Waals surface area contributed by atoms with E-state index in [4.69, 9.17) is 0 Å². The molecule has 33 heavy (non-hydrogen) atoms. The lowest BCUT2D eigenvalue weighted by Crippen LogP contribution is -2.43. The van der Waals surface area contributed by atoms with E-state index in [0.29, 0.717) is 0 Å². The number of thioether (sulfide) groups is 1. The average molecular weight is 484 g/mol. The second-order valence-electron chi connectivity index (χ2n) is 8.36. The molecule has 2 amide bonds. The predicted molar refractivity (Wildman–Crippen MR) is 136 cm³/mol. The Bertz CT molecular complexity index is 1170. The summed E-state index contributed by atoms with van der Waals surface area (Å²) in [6, 6.07) is 7.68. The summed E-state index contributed by atoms with van der Waals surface area (Å²) >= 11 is 3.27. The maximum absolute atomic E-state index is 13.0. The van der Waals surface area contributed by atoms with Crippen LogP contribution in [0.3, 0.4) is 0 Å². The van der Waals surface area contributed by atoms with E-state index in [9.17, 15) is 9.59 Å². The molecule has 1 N–H and O–H groups in total. The summed E-state index contributed by atoms with van der Waals surface area (Å²) in [5, 5.41) is 4.06. The van der Waals surface area contributed by atoms with Crippen molar-refractivity contribution in [3.63, 3.8) is 0 Å². The van der Waals surface area contributed by atoms with Crippen molar-refractivity contribution in [3.8, 4) is 0 Å². The third kappa shape index (κ3) is 4.99. The average Bonchev–Trinajstić information content (AvgIpc) is 3.12. The summed E-state index contributed by atoms with van der Waals surface area (Å²) in [6.07, 6.45) is 5.09. The first-order valence-electron chi connectivity index (χ1n) is 11.0. The number of amides is 2. The summed E-state index contributed by atoms with van der Waals surface area (Å²) in [7, 11) is 1.71. The molecular weight excluding hydrogens is 454 g/mol. The zero-order valence-electron chi connectivity index (χ0n) is 19.4. The molecule has 1 aromatic carbocycles. The molecule has 0 aliphatic carbocycles. The van der Waals surface area contributed by atoms with Gasteiger partial charge in [0.1, 0.15) is 17.0 Å². The summed E-state index contributed by atoms with van der Waals surface area (Å²) in [4.78, 5) is 41.7. The number of hydrogen-bond acceptors (Lipinski definition) is 7. The van der Waals surface area contributed by atoms with Gasteiger partial charge < -0.3 is 15.1 Å². The van der Waals surface area contributed by atoms with Gasteiger partial charge >= 0.3 is 0 Å². The molecule has 4 rings (SSSR count). The van der Waals surface area contributed by atoms with Gasteiger partial charge in [0.15, 0.2) is 0 Å². The number of para-hydroxylation sites is 1. The van der Waals surface area contributed by atoms with Gasteiger partial charge in [0.2, 0.25) is 11.8 Å². The van der Waals surface area contributed by atoms with Crippen LogP contribution < -0.4 is 10.2 Å². The van der Waals surface area contributed by atoms with Crippen LogP contribution in [0.5, 0.6) is 0 Å². The van der Waals surface area contributed by atoms with Gasteiger partial charge in [0, 0.05) is 35.8 Å². The molecule has 1 aliphatic heterocycles. The van der Waals surface area contributed by atoms with Gasteiger partial charge in [0.25, 0.3) is 0 Å². The first kappa shape index (κ1) is 23.5. The van der Waals surface area contributed by atoms with Gasteiger partial charge in [-0.05, 0) is 50.6 Å². The van der Waals surface area contributed by atoms with Crippen LogP contribution in [0.1, 0.15) is 23.3 Å². The van der Waals surface area contributed by atoms with Gasteiger partial charge in [-0.25, -0.2) is 9.97 Å². The Morgan fingerprint density at radius 1 is 1.21 bits per heavy atom. The maximum Gasteiger partial charge on any atom is 0.244 e. The Morgan fingerprint density at radius 3 is 2.67 bits per heavy atom. The van der Waals surface area contributed by atoms with E-state index in [2.05, 4.69) is 34.0 Å². The van der Waals surface area contributed by atoms with Crippen LogP contribution in [-0.4, -0.2) is 59.6 Å². The Morgan fingerprint density at radius 2 is 1.94 bits per heavy atom. The number of benzene rings is 1. The second kappa shape index (κ2) is 10.1. The standard InChI is InChI=1S/C24H29N5O2S2/c1-15-16(2)33-23-21(15)22(25-14-26-23)29-11-9-17(10-12-29)24(31)28(3)13-20(30)27-18-7-5-6-8-19(18)32-4/h5-8,14,17H,9-13H2,1-4H3,(H,27,30). The third-order valence-corrected chi connectivity index (χ3v) is 8.14. The second-order valence-corrected chi connectivity index (χ2v) is 10.4. The van der Waals surface area contributed by atoms with Crippen LogP contribution >= 0.6 is 23.1 Å². The van der Waals surface area contributed by atoms with Crippen molar-refractivity contribution in [2.24, 2.45) is 5.92 Å². The zero-order chi connectivity index (χ0) is 23.5. The zero-order valence-corrected chi connectivity index (χ0v) is 21.1. The SMILES string of the molecule is CSc1ccccc1NC(=O)CN(C)C(=O)C1CCN(c2ncnc3sc(C)c(C)c23)CC1. The number of anilines is 2. The molecule has 0 unspecified atom stereocenters. The number of nitrogens with one attached hydrogen (secondary N) is 1. The molecule has 0 bridgehead atoms. The Labute approximate surface area is 202 Å². The number of fused-ring (bicyclic) bond motifs is 1. The summed E-state index contributed by atoms with van der Waals surface area (Å²) in [6.45, 7) is 5.80. The van der Waals surface area contributed by atoms with E-state index in [1.54, 1.807) is 41.4 Å². The molecule has 1 fully saturated rings. The van der Waals surface area contributed by atoms with Crippen molar-refractivity contribution in [1.29, 1.82) is 0 Å². The van der Waals surface area contributed by atoms with E-state index in [1.807, 2.05) is 30.5 Å². The summed E-state index contributed by atoms with van der Waals surface area (Å²) < 4.78 is 0. The lowest BCUT2D eigenvalue weighted by molar-refractivity contribution is -0.137. The normalized spacial score (nSPS) is 14.5. The molecule has 0 radical (unpaired) electrons. The molecule has 1 saturated heterocycles. The van der Waals surface area contributed by atoms with E-state index in [0.717, 1.165) is 52.5 Å². The van der Waals surface area contributed by atoms with Crippen LogP contribution in [0, 0.1) is 19.8 Å². The van der Waals surface area contributed by atoms with Gasteiger partial charge in [0.05, 0.1) is 17.6 Å².